The molecule has 0 unspecified atom stereocenters. The van der Waals surface area contributed by atoms with Crippen molar-refractivity contribution in [1.82, 2.24) is 5.16 Å². The van der Waals surface area contributed by atoms with Crippen LogP contribution in [0.1, 0.15) is 5.56 Å². The molecule has 0 saturated heterocycles. The van der Waals surface area contributed by atoms with E-state index < -0.39 is 10.0 Å². The summed E-state index contributed by atoms with van der Waals surface area (Å²) in [4.78, 5) is -0.0271. The topological polar surface area (TPSA) is 90.7 Å². The maximum Gasteiger partial charge on any atom is 0.266 e. The van der Waals surface area contributed by atoms with E-state index in [1.165, 1.54) is 26.4 Å². The van der Waals surface area contributed by atoms with E-state index in [1.807, 2.05) is 6.92 Å². The average Bonchev–Trinajstić information content (AvgIpc) is 2.95. The molecule has 132 valence electrons. The smallest absolute Gasteiger partial charge is 0.266 e. The maximum absolute atomic E-state index is 12.8. The normalized spacial score (nSPS) is 11.5. The van der Waals surface area contributed by atoms with E-state index in [2.05, 4.69) is 25.8 Å². The number of fused-ring (bicyclic) bond motifs is 1. The van der Waals surface area contributed by atoms with Gasteiger partial charge in [0.1, 0.15) is 16.4 Å². The molecule has 25 heavy (non-hydrogen) atoms. The molecule has 1 N–H and O–H groups in total. The lowest BCUT2D eigenvalue weighted by Gasteiger charge is -2.11. The van der Waals surface area contributed by atoms with Gasteiger partial charge in [-0.05, 0) is 36.8 Å². The number of benzene rings is 2. The molecule has 3 aromatic rings. The molecule has 3 rings (SSSR count). The Balaban J connectivity index is 2.04. The predicted octanol–water partition coefficient (Wildman–Crippen LogP) is 3.72. The minimum atomic E-state index is -3.93. The van der Waals surface area contributed by atoms with Gasteiger partial charge >= 0.3 is 0 Å². The molecule has 0 atom stereocenters. The second-order valence-electron chi connectivity index (χ2n) is 5.25. The molecule has 0 bridgehead atoms. The fourth-order valence-electron chi connectivity index (χ4n) is 2.32. The number of hydrogen-bond acceptors (Lipinski definition) is 6. The maximum atomic E-state index is 12.8. The SMILES string of the molecule is COc1ccc(S(=O)(=O)Nc2noc3cc(Br)c(C)cc23)c(OC)c1. The number of nitrogens with one attached hydrogen (secondary N) is 1. The number of ether oxygens (including phenoxy) is 2. The zero-order valence-corrected chi connectivity index (χ0v) is 16.1. The third-order valence-corrected chi connectivity index (χ3v) is 5.88. The molecule has 0 fully saturated rings. The number of aromatic nitrogens is 1. The first kappa shape index (κ1) is 17.6. The number of methoxy groups -OCH3 is 2. The van der Waals surface area contributed by atoms with E-state index in [0.717, 1.165) is 10.0 Å². The second kappa shape index (κ2) is 6.57. The zero-order valence-electron chi connectivity index (χ0n) is 13.7. The van der Waals surface area contributed by atoms with Crippen LogP contribution in [0.3, 0.4) is 0 Å². The van der Waals surface area contributed by atoms with E-state index in [0.29, 0.717) is 16.7 Å². The van der Waals surface area contributed by atoms with Crippen LogP contribution in [-0.2, 0) is 10.0 Å². The summed E-state index contributed by atoms with van der Waals surface area (Å²) in [5.74, 6) is 0.769. The molecule has 0 aliphatic heterocycles. The molecule has 9 heteroatoms. The van der Waals surface area contributed by atoms with Crippen LogP contribution in [0.4, 0.5) is 5.82 Å². The van der Waals surface area contributed by atoms with Gasteiger partial charge in [-0.25, -0.2) is 8.42 Å². The Bertz CT molecular complexity index is 1050. The van der Waals surface area contributed by atoms with Crippen molar-refractivity contribution >= 4 is 42.7 Å². The van der Waals surface area contributed by atoms with E-state index in [9.17, 15) is 8.42 Å². The Kier molecular flexibility index (Phi) is 4.61. The molecule has 1 aromatic heterocycles. The van der Waals surface area contributed by atoms with Crippen molar-refractivity contribution in [3.05, 3.63) is 40.4 Å². The van der Waals surface area contributed by atoms with Crippen LogP contribution in [0.15, 0.2) is 44.2 Å². The summed E-state index contributed by atoms with van der Waals surface area (Å²) in [6, 6.07) is 7.97. The summed E-state index contributed by atoms with van der Waals surface area (Å²) < 4.78 is 44.3. The minimum absolute atomic E-state index is 0.0271. The van der Waals surface area contributed by atoms with Gasteiger partial charge < -0.3 is 14.0 Å². The lowest BCUT2D eigenvalue weighted by Crippen LogP contribution is -2.14. The Labute approximate surface area is 153 Å². The highest BCUT2D eigenvalue weighted by atomic mass is 79.9. The summed E-state index contributed by atoms with van der Waals surface area (Å²) in [5.41, 5.74) is 1.40. The first-order chi connectivity index (χ1) is 11.9. The van der Waals surface area contributed by atoms with Crippen molar-refractivity contribution in [2.45, 2.75) is 11.8 Å². The largest absolute Gasteiger partial charge is 0.497 e. The highest BCUT2D eigenvalue weighted by Crippen LogP contribution is 2.33. The Hall–Kier alpha value is -2.26. The standard InChI is InChI=1S/C16H15BrN2O5S/c1-9-6-11-13(8-12(9)17)24-18-16(11)19-25(20,21)15-5-4-10(22-2)7-14(15)23-3/h4-8H,1-3H3,(H,18,19). The van der Waals surface area contributed by atoms with E-state index in [1.54, 1.807) is 18.2 Å². The van der Waals surface area contributed by atoms with Crippen molar-refractivity contribution in [2.75, 3.05) is 18.9 Å². The van der Waals surface area contributed by atoms with Crippen LogP contribution in [0.25, 0.3) is 11.0 Å². The number of hydrogen-bond donors (Lipinski definition) is 1. The molecule has 0 amide bonds. The third kappa shape index (κ3) is 3.29. The molecule has 0 spiro atoms. The van der Waals surface area contributed by atoms with Crippen molar-refractivity contribution in [3.8, 4) is 11.5 Å². The van der Waals surface area contributed by atoms with Crippen LogP contribution in [-0.4, -0.2) is 27.8 Å². The highest BCUT2D eigenvalue weighted by molar-refractivity contribution is 9.10. The van der Waals surface area contributed by atoms with Crippen LogP contribution >= 0.6 is 15.9 Å². The summed E-state index contributed by atoms with van der Waals surface area (Å²) in [7, 11) is -1.05. The van der Waals surface area contributed by atoms with Crippen molar-refractivity contribution < 1.29 is 22.4 Å². The number of rotatable bonds is 5. The third-order valence-electron chi connectivity index (χ3n) is 3.64. The molecule has 0 aliphatic rings. The molecule has 2 aromatic carbocycles. The molecule has 1 heterocycles. The summed E-state index contributed by atoms with van der Waals surface area (Å²) in [5, 5.41) is 4.39. The number of nitrogens with zero attached hydrogens (tertiary/aromatic N) is 1. The number of sulfonamides is 1. The summed E-state index contributed by atoms with van der Waals surface area (Å²) in [6.45, 7) is 1.89. The average molecular weight is 427 g/mol. The zero-order chi connectivity index (χ0) is 18.2. The van der Waals surface area contributed by atoms with Crippen LogP contribution < -0.4 is 14.2 Å². The number of aryl methyl sites for hydroxylation is 1. The second-order valence-corrected chi connectivity index (χ2v) is 7.76. The highest BCUT2D eigenvalue weighted by Gasteiger charge is 2.23. The van der Waals surface area contributed by atoms with Gasteiger partial charge in [0.2, 0.25) is 0 Å². The van der Waals surface area contributed by atoms with Crippen LogP contribution in [0, 0.1) is 6.92 Å². The van der Waals surface area contributed by atoms with Gasteiger partial charge in [-0.1, -0.05) is 21.1 Å². The van der Waals surface area contributed by atoms with Gasteiger partial charge in [0.15, 0.2) is 11.4 Å². The Morgan fingerprint density at radius 2 is 1.92 bits per heavy atom. The Morgan fingerprint density at radius 1 is 1.16 bits per heavy atom. The molecular formula is C16H15BrN2O5S. The fraction of sp³-hybridized carbons (Fsp3) is 0.188. The minimum Gasteiger partial charge on any atom is -0.497 e. The van der Waals surface area contributed by atoms with Crippen LogP contribution in [0.5, 0.6) is 11.5 Å². The van der Waals surface area contributed by atoms with Gasteiger partial charge in [0.05, 0.1) is 19.6 Å². The summed E-state index contributed by atoms with van der Waals surface area (Å²) >= 11 is 3.40. The van der Waals surface area contributed by atoms with Gasteiger partial charge in [-0.3, -0.25) is 4.72 Å². The molecule has 7 nitrogen and oxygen atoms in total. The van der Waals surface area contributed by atoms with Gasteiger partial charge in [-0.15, -0.1) is 0 Å². The van der Waals surface area contributed by atoms with Crippen molar-refractivity contribution in [2.24, 2.45) is 0 Å². The van der Waals surface area contributed by atoms with E-state index >= 15 is 0 Å². The van der Waals surface area contributed by atoms with E-state index in [4.69, 9.17) is 14.0 Å². The number of halogens is 1. The molecule has 0 saturated carbocycles. The molecule has 0 aliphatic carbocycles. The van der Waals surface area contributed by atoms with Crippen molar-refractivity contribution in [3.63, 3.8) is 0 Å². The molecular weight excluding hydrogens is 412 g/mol. The van der Waals surface area contributed by atoms with Gasteiger partial charge in [0, 0.05) is 10.5 Å². The van der Waals surface area contributed by atoms with Crippen molar-refractivity contribution in [1.29, 1.82) is 0 Å². The monoisotopic (exact) mass is 426 g/mol. The van der Waals surface area contributed by atoms with Gasteiger partial charge in [0.25, 0.3) is 10.0 Å². The summed E-state index contributed by atoms with van der Waals surface area (Å²) in [6.07, 6.45) is 0. The fourth-order valence-corrected chi connectivity index (χ4v) is 3.81. The van der Waals surface area contributed by atoms with E-state index in [-0.39, 0.29) is 16.5 Å². The van der Waals surface area contributed by atoms with Gasteiger partial charge in [-0.2, -0.15) is 0 Å². The van der Waals surface area contributed by atoms with Crippen LogP contribution in [0.2, 0.25) is 0 Å². The Morgan fingerprint density at radius 3 is 2.60 bits per heavy atom. The quantitative estimate of drug-likeness (QED) is 0.668. The lowest BCUT2D eigenvalue weighted by molar-refractivity contribution is 0.386. The first-order valence-corrected chi connectivity index (χ1v) is 9.43. The predicted molar refractivity (Wildman–Crippen MR) is 96.8 cm³/mol. The first-order valence-electron chi connectivity index (χ1n) is 7.16. The molecule has 0 radical (unpaired) electrons. The lowest BCUT2D eigenvalue weighted by atomic mass is 10.2. The number of anilines is 1.